The van der Waals surface area contributed by atoms with Crippen molar-refractivity contribution in [2.45, 2.75) is 4.90 Å². The maximum atomic E-state index is 13.1. The number of nitrogens with one attached hydrogen (secondary N) is 2. The number of benzene rings is 2. The van der Waals surface area contributed by atoms with Gasteiger partial charge >= 0.3 is 0 Å². The van der Waals surface area contributed by atoms with Gasteiger partial charge in [-0.25, -0.2) is 12.8 Å². The second-order valence-electron chi connectivity index (χ2n) is 4.52. The molecule has 23 heavy (non-hydrogen) atoms. The fourth-order valence-corrected chi connectivity index (χ4v) is 2.77. The molecular formula is C16H13FN2O3S. The third kappa shape index (κ3) is 4.39. The maximum absolute atomic E-state index is 13.1. The molecule has 2 aromatic carbocycles. The molecule has 118 valence electrons. The van der Waals surface area contributed by atoms with Crippen molar-refractivity contribution in [3.63, 3.8) is 0 Å². The minimum Gasteiger partial charge on any atom is -0.322 e. The molecule has 0 heterocycles. The molecule has 7 heteroatoms. The maximum Gasteiger partial charge on any atom is 0.255 e. The van der Waals surface area contributed by atoms with Crippen molar-refractivity contribution in [1.82, 2.24) is 4.72 Å². The van der Waals surface area contributed by atoms with Gasteiger partial charge in [-0.3, -0.25) is 4.79 Å². The van der Waals surface area contributed by atoms with Crippen LogP contribution >= 0.6 is 0 Å². The van der Waals surface area contributed by atoms with E-state index in [0.29, 0.717) is 0 Å². The summed E-state index contributed by atoms with van der Waals surface area (Å²) in [6.45, 7) is -0.151. The summed E-state index contributed by atoms with van der Waals surface area (Å²) >= 11 is 0. The Hall–Kier alpha value is -2.69. The number of hydrogen-bond donors (Lipinski definition) is 2. The van der Waals surface area contributed by atoms with Gasteiger partial charge in [-0.2, -0.15) is 4.72 Å². The van der Waals surface area contributed by atoms with Crippen LogP contribution in [0.5, 0.6) is 0 Å². The van der Waals surface area contributed by atoms with Crippen LogP contribution in [0.4, 0.5) is 10.1 Å². The first kappa shape index (κ1) is 16.7. The Balaban J connectivity index is 2.22. The number of hydrogen-bond acceptors (Lipinski definition) is 3. The molecule has 0 aliphatic heterocycles. The normalized spacial score (nSPS) is 10.8. The van der Waals surface area contributed by atoms with Crippen molar-refractivity contribution < 1.29 is 17.6 Å². The van der Waals surface area contributed by atoms with Gasteiger partial charge in [0.05, 0.1) is 11.4 Å². The molecular weight excluding hydrogens is 319 g/mol. The topological polar surface area (TPSA) is 75.3 Å². The van der Waals surface area contributed by atoms with E-state index in [1.165, 1.54) is 42.5 Å². The SMILES string of the molecule is C#CCNS(=O)(=O)c1cccc(C(=O)Nc2cccc(F)c2)c1. The van der Waals surface area contributed by atoms with Crippen molar-refractivity contribution in [3.8, 4) is 12.3 Å². The Labute approximate surface area is 133 Å². The number of halogens is 1. The molecule has 5 nitrogen and oxygen atoms in total. The van der Waals surface area contributed by atoms with Crippen molar-refractivity contribution in [2.75, 3.05) is 11.9 Å². The molecule has 0 radical (unpaired) electrons. The van der Waals surface area contributed by atoms with Gasteiger partial charge in [-0.1, -0.05) is 18.1 Å². The molecule has 0 saturated carbocycles. The highest BCUT2D eigenvalue weighted by molar-refractivity contribution is 7.89. The van der Waals surface area contributed by atoms with Crippen molar-refractivity contribution in [1.29, 1.82) is 0 Å². The largest absolute Gasteiger partial charge is 0.322 e. The first-order valence-electron chi connectivity index (χ1n) is 6.52. The van der Waals surface area contributed by atoms with Crippen molar-refractivity contribution in [2.24, 2.45) is 0 Å². The summed E-state index contributed by atoms with van der Waals surface area (Å²) in [5.74, 6) is 1.12. The summed E-state index contributed by atoms with van der Waals surface area (Å²) in [5, 5.41) is 2.49. The zero-order valence-electron chi connectivity index (χ0n) is 11.9. The van der Waals surface area contributed by atoms with Crippen molar-refractivity contribution in [3.05, 3.63) is 59.9 Å². The second-order valence-corrected chi connectivity index (χ2v) is 6.29. The summed E-state index contributed by atoms with van der Waals surface area (Å²) in [4.78, 5) is 12.1. The number of amides is 1. The lowest BCUT2D eigenvalue weighted by molar-refractivity contribution is 0.102. The molecule has 1 amide bonds. The van der Waals surface area contributed by atoms with E-state index < -0.39 is 21.7 Å². The van der Waals surface area contributed by atoms with Gasteiger partial charge in [-0.15, -0.1) is 6.42 Å². The monoisotopic (exact) mass is 332 g/mol. The van der Waals surface area contributed by atoms with E-state index in [-0.39, 0.29) is 22.7 Å². The lowest BCUT2D eigenvalue weighted by Crippen LogP contribution is -2.24. The van der Waals surface area contributed by atoms with Gasteiger partial charge in [0.1, 0.15) is 5.82 Å². The van der Waals surface area contributed by atoms with Crippen LogP contribution in [0.2, 0.25) is 0 Å². The fraction of sp³-hybridized carbons (Fsp3) is 0.0625. The fourth-order valence-electron chi connectivity index (χ4n) is 1.79. The summed E-state index contributed by atoms with van der Waals surface area (Å²) < 4.78 is 39.3. The van der Waals surface area contributed by atoms with Crippen LogP contribution in [-0.2, 0) is 10.0 Å². The lowest BCUT2D eigenvalue weighted by atomic mass is 10.2. The number of anilines is 1. The van der Waals surface area contributed by atoms with Gasteiger partial charge in [0.2, 0.25) is 10.0 Å². The third-order valence-electron chi connectivity index (χ3n) is 2.85. The molecule has 0 atom stereocenters. The first-order chi connectivity index (χ1) is 10.9. The molecule has 0 saturated heterocycles. The number of sulfonamides is 1. The molecule has 2 N–H and O–H groups in total. The standard InChI is InChI=1S/C16H13FN2O3S/c1-2-9-18-23(21,22)15-8-3-5-12(10-15)16(20)19-14-7-4-6-13(17)11-14/h1,3-8,10-11,18H,9H2,(H,19,20). The molecule has 0 aliphatic carbocycles. The van der Waals surface area contributed by atoms with Crippen LogP contribution in [0.15, 0.2) is 53.4 Å². The van der Waals surface area contributed by atoms with Gasteiger partial charge in [0, 0.05) is 11.3 Å². The van der Waals surface area contributed by atoms with E-state index in [1.807, 2.05) is 0 Å². The number of carbonyl (C=O) groups is 1. The Kier molecular flexibility index (Phi) is 5.11. The van der Waals surface area contributed by atoms with E-state index in [0.717, 1.165) is 6.07 Å². The third-order valence-corrected chi connectivity index (χ3v) is 4.25. The summed E-state index contributed by atoms with van der Waals surface area (Å²) in [6, 6.07) is 10.8. The molecule has 2 aromatic rings. The lowest BCUT2D eigenvalue weighted by Gasteiger charge is -2.08. The summed E-state index contributed by atoms with van der Waals surface area (Å²) in [6.07, 6.45) is 5.02. The Bertz CT molecular complexity index is 873. The zero-order chi connectivity index (χ0) is 16.9. The number of rotatable bonds is 5. The molecule has 0 aliphatic rings. The second kappa shape index (κ2) is 7.05. The highest BCUT2D eigenvalue weighted by Gasteiger charge is 2.15. The average Bonchev–Trinajstić information content (AvgIpc) is 2.53. The van der Waals surface area contributed by atoms with E-state index in [9.17, 15) is 17.6 Å². The highest BCUT2D eigenvalue weighted by atomic mass is 32.2. The van der Waals surface area contributed by atoms with E-state index in [4.69, 9.17) is 6.42 Å². The minimum atomic E-state index is -3.79. The van der Waals surface area contributed by atoms with Gasteiger partial charge in [-0.05, 0) is 36.4 Å². The predicted octanol–water partition coefficient (Wildman–Crippen LogP) is 1.99. The van der Waals surface area contributed by atoms with E-state index in [1.54, 1.807) is 0 Å². The Morgan fingerprint density at radius 1 is 1.17 bits per heavy atom. The summed E-state index contributed by atoms with van der Waals surface area (Å²) in [5.41, 5.74) is 0.395. The number of terminal acetylenes is 1. The van der Waals surface area contributed by atoms with Crippen molar-refractivity contribution >= 4 is 21.6 Å². The van der Waals surface area contributed by atoms with Crippen LogP contribution in [0.3, 0.4) is 0 Å². The Morgan fingerprint density at radius 3 is 2.61 bits per heavy atom. The van der Waals surface area contributed by atoms with Crippen LogP contribution in [0, 0.1) is 18.2 Å². The minimum absolute atomic E-state index is 0.0837. The smallest absolute Gasteiger partial charge is 0.255 e. The molecule has 2 rings (SSSR count). The van der Waals surface area contributed by atoms with Gasteiger partial charge in [0.25, 0.3) is 5.91 Å². The molecule has 0 aromatic heterocycles. The van der Waals surface area contributed by atoms with Crippen LogP contribution in [0.25, 0.3) is 0 Å². The first-order valence-corrected chi connectivity index (χ1v) is 8.01. The quantitative estimate of drug-likeness (QED) is 0.822. The zero-order valence-corrected chi connectivity index (χ0v) is 12.7. The van der Waals surface area contributed by atoms with Gasteiger partial charge < -0.3 is 5.32 Å². The molecule has 0 spiro atoms. The average molecular weight is 332 g/mol. The van der Waals surface area contributed by atoms with Crippen LogP contribution < -0.4 is 10.0 Å². The predicted molar refractivity (Wildman–Crippen MR) is 84.8 cm³/mol. The van der Waals surface area contributed by atoms with Crippen LogP contribution in [-0.4, -0.2) is 20.9 Å². The molecule has 0 bridgehead atoms. The Morgan fingerprint density at radius 2 is 1.91 bits per heavy atom. The number of carbonyl (C=O) groups excluding carboxylic acids is 1. The van der Waals surface area contributed by atoms with Gasteiger partial charge in [0.15, 0.2) is 0 Å². The van der Waals surface area contributed by atoms with E-state index in [2.05, 4.69) is 16.0 Å². The van der Waals surface area contributed by atoms with E-state index >= 15 is 0 Å². The molecule has 0 fully saturated rings. The van der Waals surface area contributed by atoms with Crippen LogP contribution in [0.1, 0.15) is 10.4 Å². The molecule has 0 unspecified atom stereocenters. The summed E-state index contributed by atoms with van der Waals surface area (Å²) in [7, 11) is -3.79. The highest BCUT2D eigenvalue weighted by Crippen LogP contribution is 2.14.